The summed E-state index contributed by atoms with van der Waals surface area (Å²) in [5, 5.41) is 6.65. The summed E-state index contributed by atoms with van der Waals surface area (Å²) in [5.41, 5.74) is 9.67. The van der Waals surface area contributed by atoms with Crippen LogP contribution in [0.15, 0.2) is 41.2 Å². The molecule has 2 aromatic carbocycles. The maximum Gasteiger partial charge on any atom is 0.348 e. The molecule has 0 radical (unpaired) electrons. The minimum atomic E-state index is -0.481. The predicted molar refractivity (Wildman–Crippen MR) is 121 cm³/mol. The number of aromatic nitrogens is 3. The molecule has 1 saturated carbocycles. The second-order valence-electron chi connectivity index (χ2n) is 9.21. The van der Waals surface area contributed by atoms with E-state index in [-0.39, 0.29) is 23.4 Å². The third-order valence-corrected chi connectivity index (χ3v) is 6.87. The van der Waals surface area contributed by atoms with Crippen molar-refractivity contribution in [3.05, 3.63) is 64.1 Å². The van der Waals surface area contributed by atoms with E-state index < -0.39 is 11.5 Å². The highest BCUT2D eigenvalue weighted by atomic mass is 19.1. The number of hydrogen-bond acceptors (Lipinski definition) is 5. The lowest BCUT2D eigenvalue weighted by atomic mass is 10.0. The smallest absolute Gasteiger partial charge is 0.342 e. The largest absolute Gasteiger partial charge is 0.348 e. The van der Waals surface area contributed by atoms with Crippen LogP contribution < -0.4 is 16.5 Å². The Kier molecular flexibility index (Phi) is 4.79. The average Bonchev–Trinajstić information content (AvgIpc) is 3.21. The van der Waals surface area contributed by atoms with Gasteiger partial charge in [0.05, 0.1) is 11.4 Å². The molecule has 0 unspecified atom stereocenters. The number of amides is 1. The molecule has 1 atom stereocenters. The standard InChI is InChI=1S/C24H25FN6O2/c25-19-11-17(16-3-5-20-18(10-16)12-26-27-20)4-6-21(19)31-22(28-29-24(31)33)9-14-7-8-30(13-14)23(32)15-1-2-15/h3-6,10-11,14-15,26-27H,1-2,7-9,12-13H2,(H,29,33)/t14-/m0/s1. The molecule has 1 saturated heterocycles. The number of carbonyl (C=O) groups excluding carboxylic acids is 1. The van der Waals surface area contributed by atoms with E-state index in [4.69, 9.17) is 0 Å². The van der Waals surface area contributed by atoms with Crippen molar-refractivity contribution < 1.29 is 9.18 Å². The first-order chi connectivity index (χ1) is 16.1. The number of rotatable bonds is 5. The van der Waals surface area contributed by atoms with Crippen LogP contribution in [0, 0.1) is 17.7 Å². The number of halogens is 1. The molecule has 2 aliphatic heterocycles. The average molecular weight is 449 g/mol. The molecule has 2 fully saturated rings. The summed E-state index contributed by atoms with van der Waals surface area (Å²) in [6, 6.07) is 10.9. The lowest BCUT2D eigenvalue weighted by Gasteiger charge is -2.16. The summed E-state index contributed by atoms with van der Waals surface area (Å²) in [4.78, 5) is 26.8. The van der Waals surface area contributed by atoms with E-state index in [1.165, 1.54) is 10.6 Å². The van der Waals surface area contributed by atoms with E-state index in [1.54, 1.807) is 6.07 Å². The number of benzene rings is 2. The number of fused-ring (bicyclic) bond motifs is 1. The Labute approximate surface area is 189 Å². The Balaban J connectivity index is 1.24. The van der Waals surface area contributed by atoms with Crippen LogP contribution in [0.2, 0.25) is 0 Å². The molecule has 1 amide bonds. The van der Waals surface area contributed by atoms with E-state index in [0.717, 1.165) is 48.2 Å². The minimum absolute atomic E-state index is 0.181. The molecule has 6 rings (SSSR count). The molecule has 0 bridgehead atoms. The summed E-state index contributed by atoms with van der Waals surface area (Å²) < 4.78 is 16.6. The first kappa shape index (κ1) is 20.2. The molecule has 170 valence electrons. The van der Waals surface area contributed by atoms with Crippen molar-refractivity contribution in [3.8, 4) is 16.8 Å². The summed E-state index contributed by atoms with van der Waals surface area (Å²) in [7, 11) is 0. The fourth-order valence-electron chi connectivity index (χ4n) is 4.90. The second kappa shape index (κ2) is 7.84. The van der Waals surface area contributed by atoms with Gasteiger partial charge in [-0.1, -0.05) is 12.1 Å². The highest BCUT2D eigenvalue weighted by Gasteiger charge is 2.37. The van der Waals surface area contributed by atoms with Gasteiger partial charge >= 0.3 is 5.69 Å². The fraction of sp³-hybridized carbons (Fsp3) is 0.375. The van der Waals surface area contributed by atoms with Crippen LogP contribution >= 0.6 is 0 Å². The van der Waals surface area contributed by atoms with Gasteiger partial charge in [-0.05, 0) is 66.1 Å². The van der Waals surface area contributed by atoms with Gasteiger partial charge in [0, 0.05) is 32.0 Å². The quantitative estimate of drug-likeness (QED) is 0.558. The van der Waals surface area contributed by atoms with Crippen LogP contribution in [0.5, 0.6) is 0 Å². The summed E-state index contributed by atoms with van der Waals surface area (Å²) in [6.45, 7) is 2.12. The van der Waals surface area contributed by atoms with Crippen LogP contribution in [0.3, 0.4) is 0 Å². The van der Waals surface area contributed by atoms with Crippen molar-refractivity contribution in [3.63, 3.8) is 0 Å². The van der Waals surface area contributed by atoms with Crippen molar-refractivity contribution in [1.82, 2.24) is 25.1 Å². The number of anilines is 1. The second-order valence-corrected chi connectivity index (χ2v) is 9.21. The Morgan fingerprint density at radius 2 is 1.94 bits per heavy atom. The zero-order chi connectivity index (χ0) is 22.5. The van der Waals surface area contributed by atoms with Crippen LogP contribution in [0.1, 0.15) is 30.7 Å². The SMILES string of the molecule is O=C(C1CC1)N1CC[C@@H](Cc2n[nH]c(=O)n2-c2ccc(-c3ccc4c(c3)CNN4)cc2F)C1. The van der Waals surface area contributed by atoms with Crippen LogP contribution in [0.25, 0.3) is 16.8 Å². The fourth-order valence-corrected chi connectivity index (χ4v) is 4.90. The van der Waals surface area contributed by atoms with Gasteiger partial charge in [-0.15, -0.1) is 0 Å². The molecule has 3 heterocycles. The van der Waals surface area contributed by atoms with Crippen molar-refractivity contribution in [2.24, 2.45) is 11.8 Å². The minimum Gasteiger partial charge on any atom is -0.342 e. The number of aromatic amines is 1. The van der Waals surface area contributed by atoms with Gasteiger partial charge in [0.1, 0.15) is 11.6 Å². The highest BCUT2D eigenvalue weighted by molar-refractivity contribution is 5.81. The number of hydrazine groups is 1. The van der Waals surface area contributed by atoms with Gasteiger partial charge in [0.25, 0.3) is 0 Å². The molecular weight excluding hydrogens is 423 g/mol. The number of carbonyl (C=O) groups is 1. The molecule has 3 N–H and O–H groups in total. The van der Waals surface area contributed by atoms with Crippen LogP contribution in [-0.2, 0) is 17.8 Å². The first-order valence-corrected chi connectivity index (χ1v) is 11.4. The third-order valence-electron chi connectivity index (χ3n) is 6.87. The summed E-state index contributed by atoms with van der Waals surface area (Å²) >= 11 is 0. The Hall–Kier alpha value is -3.46. The Morgan fingerprint density at radius 1 is 1.12 bits per heavy atom. The monoisotopic (exact) mass is 448 g/mol. The molecule has 1 aliphatic carbocycles. The van der Waals surface area contributed by atoms with Gasteiger partial charge < -0.3 is 10.3 Å². The lowest BCUT2D eigenvalue weighted by molar-refractivity contribution is -0.131. The van der Waals surface area contributed by atoms with E-state index >= 15 is 4.39 Å². The summed E-state index contributed by atoms with van der Waals surface area (Å²) in [5.74, 6) is 0.672. The van der Waals surface area contributed by atoms with Gasteiger partial charge in [-0.3, -0.25) is 4.79 Å². The molecule has 3 aliphatic rings. The van der Waals surface area contributed by atoms with Crippen molar-refractivity contribution >= 4 is 11.6 Å². The van der Waals surface area contributed by atoms with E-state index in [9.17, 15) is 9.59 Å². The van der Waals surface area contributed by atoms with E-state index in [0.29, 0.717) is 25.3 Å². The van der Waals surface area contributed by atoms with Crippen molar-refractivity contribution in [2.75, 3.05) is 18.5 Å². The van der Waals surface area contributed by atoms with Gasteiger partial charge in [-0.2, -0.15) is 5.10 Å². The zero-order valence-electron chi connectivity index (χ0n) is 18.1. The first-order valence-electron chi connectivity index (χ1n) is 11.4. The number of nitrogens with one attached hydrogen (secondary N) is 3. The maximum absolute atomic E-state index is 15.2. The Bertz CT molecular complexity index is 1290. The Morgan fingerprint density at radius 3 is 2.76 bits per heavy atom. The summed E-state index contributed by atoms with van der Waals surface area (Å²) in [6.07, 6.45) is 3.36. The van der Waals surface area contributed by atoms with Crippen LogP contribution in [-0.4, -0.2) is 38.7 Å². The number of hydrogen-bond donors (Lipinski definition) is 3. The third kappa shape index (κ3) is 3.72. The predicted octanol–water partition coefficient (Wildman–Crippen LogP) is 2.60. The van der Waals surface area contributed by atoms with E-state index in [2.05, 4.69) is 21.0 Å². The van der Waals surface area contributed by atoms with Gasteiger partial charge in [0.2, 0.25) is 5.91 Å². The number of nitrogens with zero attached hydrogens (tertiary/aromatic N) is 3. The maximum atomic E-state index is 15.2. The normalized spacial score (nSPS) is 19.5. The van der Waals surface area contributed by atoms with Crippen LogP contribution in [0.4, 0.5) is 10.1 Å². The molecule has 9 heteroatoms. The zero-order valence-corrected chi connectivity index (χ0v) is 18.1. The number of likely N-dealkylation sites (tertiary alicyclic amines) is 1. The van der Waals surface area contributed by atoms with E-state index in [1.807, 2.05) is 29.2 Å². The molecule has 8 nitrogen and oxygen atoms in total. The molecule has 1 aromatic heterocycles. The van der Waals surface area contributed by atoms with Gasteiger partial charge in [0.15, 0.2) is 0 Å². The molecule has 33 heavy (non-hydrogen) atoms. The van der Waals surface area contributed by atoms with Gasteiger partial charge in [-0.25, -0.2) is 24.3 Å². The highest BCUT2D eigenvalue weighted by Crippen LogP contribution is 2.33. The number of H-pyrrole nitrogens is 1. The lowest BCUT2D eigenvalue weighted by Crippen LogP contribution is -2.30. The molecule has 3 aromatic rings. The van der Waals surface area contributed by atoms with Crippen molar-refractivity contribution in [2.45, 2.75) is 32.2 Å². The topological polar surface area (TPSA) is 95.1 Å². The molecule has 0 spiro atoms. The molecular formula is C24H25FN6O2. The van der Waals surface area contributed by atoms with Crippen molar-refractivity contribution in [1.29, 1.82) is 0 Å².